The Morgan fingerprint density at radius 3 is 2.86 bits per heavy atom. The van der Waals surface area contributed by atoms with Gasteiger partial charge in [0.1, 0.15) is 0 Å². The fourth-order valence-electron chi connectivity index (χ4n) is 1.10. The summed E-state index contributed by atoms with van der Waals surface area (Å²) >= 11 is 7.94. The summed E-state index contributed by atoms with van der Waals surface area (Å²) in [6.45, 7) is 0. The van der Waals surface area contributed by atoms with E-state index >= 15 is 0 Å². The highest BCUT2D eigenvalue weighted by molar-refractivity contribution is 14.1. The van der Waals surface area contributed by atoms with Crippen molar-refractivity contribution >= 4 is 34.2 Å². The van der Waals surface area contributed by atoms with Gasteiger partial charge in [-0.15, -0.1) is 16.7 Å². The summed E-state index contributed by atoms with van der Waals surface area (Å²) < 4.78 is 2.73. The van der Waals surface area contributed by atoms with Gasteiger partial charge in [-0.3, -0.25) is 0 Å². The van der Waals surface area contributed by atoms with Crippen molar-refractivity contribution < 1.29 is 0 Å². The van der Waals surface area contributed by atoms with Crippen LogP contribution in [0.3, 0.4) is 0 Å². The van der Waals surface area contributed by atoms with Crippen LogP contribution >= 0.6 is 34.2 Å². The lowest BCUT2D eigenvalue weighted by Crippen LogP contribution is -2.03. The first-order valence-electron chi connectivity index (χ1n) is 3.91. The fraction of sp³-hybridized carbons (Fsp3) is 0.125. The van der Waals surface area contributed by atoms with E-state index in [0.29, 0.717) is 11.7 Å². The van der Waals surface area contributed by atoms with Crippen molar-refractivity contribution in [2.45, 2.75) is 5.88 Å². The van der Waals surface area contributed by atoms with Crippen molar-refractivity contribution in [3.8, 4) is 5.69 Å². The number of hydrogen-bond acceptors (Lipinski definition) is 3. The topological polar surface area (TPSA) is 43.6 Å². The maximum atomic E-state index is 5.71. The van der Waals surface area contributed by atoms with Gasteiger partial charge in [-0.25, -0.2) is 0 Å². The Kier molecular flexibility index (Phi) is 2.97. The molecular weight excluding hydrogens is 314 g/mol. The number of alkyl halides is 1. The van der Waals surface area contributed by atoms with Gasteiger partial charge in [0.05, 0.1) is 11.6 Å². The van der Waals surface area contributed by atoms with E-state index < -0.39 is 0 Å². The van der Waals surface area contributed by atoms with Gasteiger partial charge in [-0.2, -0.15) is 4.68 Å². The molecule has 0 aliphatic heterocycles. The average Bonchev–Trinajstić information content (AvgIpc) is 2.66. The Bertz CT molecular complexity index is 442. The highest BCUT2D eigenvalue weighted by Crippen LogP contribution is 2.16. The van der Waals surface area contributed by atoms with Crippen LogP contribution in [0.5, 0.6) is 0 Å². The van der Waals surface area contributed by atoms with E-state index in [1.807, 2.05) is 24.3 Å². The molecule has 2 aromatic rings. The van der Waals surface area contributed by atoms with Gasteiger partial charge in [0.2, 0.25) is 0 Å². The van der Waals surface area contributed by atoms with Crippen LogP contribution in [-0.4, -0.2) is 20.2 Å². The van der Waals surface area contributed by atoms with Crippen LogP contribution in [0.4, 0.5) is 0 Å². The summed E-state index contributed by atoms with van der Waals surface area (Å²) in [6.07, 6.45) is 0. The average molecular weight is 321 g/mol. The van der Waals surface area contributed by atoms with Crippen LogP contribution in [0.1, 0.15) is 5.82 Å². The van der Waals surface area contributed by atoms with Gasteiger partial charge in [0, 0.05) is 3.57 Å². The normalized spacial score (nSPS) is 10.4. The lowest BCUT2D eigenvalue weighted by Gasteiger charge is -2.03. The van der Waals surface area contributed by atoms with Gasteiger partial charge in [-0.1, -0.05) is 12.1 Å². The molecule has 0 unspecified atom stereocenters. The highest BCUT2D eigenvalue weighted by Gasteiger charge is 2.08. The summed E-state index contributed by atoms with van der Waals surface area (Å²) in [7, 11) is 0. The molecule has 2 rings (SSSR count). The quantitative estimate of drug-likeness (QED) is 0.628. The Labute approximate surface area is 99.4 Å². The number of hydrogen-bond donors (Lipinski definition) is 0. The maximum absolute atomic E-state index is 5.71. The molecule has 1 heterocycles. The number of nitrogens with zero attached hydrogens (tertiary/aromatic N) is 4. The SMILES string of the molecule is ClCc1nnnn1-c1ccccc1I. The molecule has 4 nitrogen and oxygen atoms in total. The number of benzene rings is 1. The number of aromatic nitrogens is 4. The van der Waals surface area contributed by atoms with Gasteiger partial charge in [0.15, 0.2) is 5.82 Å². The molecule has 0 aliphatic rings. The van der Waals surface area contributed by atoms with Gasteiger partial charge in [-0.05, 0) is 45.2 Å². The van der Waals surface area contributed by atoms with Crippen LogP contribution in [0, 0.1) is 3.57 Å². The molecule has 0 fully saturated rings. The van der Waals surface area contributed by atoms with E-state index in [1.165, 1.54) is 0 Å². The van der Waals surface area contributed by atoms with E-state index in [0.717, 1.165) is 9.26 Å². The third-order valence-electron chi connectivity index (χ3n) is 1.73. The van der Waals surface area contributed by atoms with Crippen LogP contribution in [0.25, 0.3) is 5.69 Å². The fourth-order valence-corrected chi connectivity index (χ4v) is 1.88. The second kappa shape index (κ2) is 4.22. The molecule has 0 amide bonds. The zero-order valence-corrected chi connectivity index (χ0v) is 9.97. The van der Waals surface area contributed by atoms with Crippen molar-refractivity contribution in [2.75, 3.05) is 0 Å². The van der Waals surface area contributed by atoms with E-state index in [-0.39, 0.29) is 0 Å². The van der Waals surface area contributed by atoms with Crippen molar-refractivity contribution in [2.24, 2.45) is 0 Å². The molecule has 6 heteroatoms. The Morgan fingerprint density at radius 1 is 1.36 bits per heavy atom. The zero-order valence-electron chi connectivity index (χ0n) is 7.06. The minimum atomic E-state index is 0.304. The monoisotopic (exact) mass is 320 g/mol. The molecule has 14 heavy (non-hydrogen) atoms. The van der Waals surface area contributed by atoms with Gasteiger partial charge < -0.3 is 0 Å². The Balaban J connectivity index is 2.54. The second-order valence-corrected chi connectivity index (χ2v) is 4.02. The van der Waals surface area contributed by atoms with Gasteiger partial charge >= 0.3 is 0 Å². The molecule has 0 N–H and O–H groups in total. The molecule has 1 aromatic heterocycles. The number of rotatable bonds is 2. The predicted molar refractivity (Wildman–Crippen MR) is 61.4 cm³/mol. The van der Waals surface area contributed by atoms with Crippen molar-refractivity contribution in [1.82, 2.24) is 20.2 Å². The zero-order chi connectivity index (χ0) is 9.97. The molecule has 0 radical (unpaired) electrons. The molecule has 0 saturated carbocycles. The van der Waals surface area contributed by atoms with Crippen LogP contribution in [-0.2, 0) is 5.88 Å². The number of para-hydroxylation sites is 1. The minimum absolute atomic E-state index is 0.304. The van der Waals surface area contributed by atoms with E-state index in [1.54, 1.807) is 4.68 Å². The minimum Gasteiger partial charge on any atom is -0.195 e. The molecular formula is C8H6ClIN4. The first kappa shape index (κ1) is 9.85. The van der Waals surface area contributed by atoms with Crippen molar-refractivity contribution in [3.05, 3.63) is 33.7 Å². The number of tetrazole rings is 1. The van der Waals surface area contributed by atoms with E-state index in [4.69, 9.17) is 11.6 Å². The van der Waals surface area contributed by atoms with E-state index in [9.17, 15) is 0 Å². The third kappa shape index (κ3) is 1.74. The summed E-state index contributed by atoms with van der Waals surface area (Å²) in [4.78, 5) is 0. The lowest BCUT2D eigenvalue weighted by molar-refractivity contribution is 0.774. The first-order valence-corrected chi connectivity index (χ1v) is 5.52. The Hall–Kier alpha value is -0.690. The largest absolute Gasteiger partial charge is 0.195 e. The van der Waals surface area contributed by atoms with Crippen molar-refractivity contribution in [3.63, 3.8) is 0 Å². The molecule has 0 saturated heterocycles. The standard InChI is InChI=1S/C8H6ClIN4/c9-5-8-11-12-13-14(8)7-4-2-1-3-6(7)10/h1-4H,5H2. The van der Waals surface area contributed by atoms with Crippen LogP contribution in [0.15, 0.2) is 24.3 Å². The summed E-state index contributed by atoms with van der Waals surface area (Å²) in [5.41, 5.74) is 0.953. The smallest absolute Gasteiger partial charge is 0.171 e. The molecule has 0 bridgehead atoms. The Morgan fingerprint density at radius 2 is 2.14 bits per heavy atom. The van der Waals surface area contributed by atoms with Crippen LogP contribution in [0.2, 0.25) is 0 Å². The highest BCUT2D eigenvalue weighted by atomic mass is 127. The van der Waals surface area contributed by atoms with Crippen molar-refractivity contribution in [1.29, 1.82) is 0 Å². The molecule has 0 spiro atoms. The summed E-state index contributed by atoms with van der Waals surface area (Å²) in [5, 5.41) is 11.3. The molecule has 0 aliphatic carbocycles. The molecule has 72 valence electrons. The maximum Gasteiger partial charge on any atom is 0.171 e. The van der Waals surface area contributed by atoms with Gasteiger partial charge in [0.25, 0.3) is 0 Å². The predicted octanol–water partition coefficient (Wildman–Crippen LogP) is 2.01. The lowest BCUT2D eigenvalue weighted by atomic mass is 10.3. The summed E-state index contributed by atoms with van der Waals surface area (Å²) in [6, 6.07) is 7.86. The second-order valence-electron chi connectivity index (χ2n) is 2.59. The summed E-state index contributed by atoms with van der Waals surface area (Å²) in [5.74, 6) is 0.952. The molecule has 0 atom stereocenters. The third-order valence-corrected chi connectivity index (χ3v) is 2.89. The first-order chi connectivity index (χ1) is 6.83. The van der Waals surface area contributed by atoms with Crippen LogP contribution < -0.4 is 0 Å². The number of halogens is 2. The van der Waals surface area contributed by atoms with E-state index in [2.05, 4.69) is 38.1 Å². The molecule has 1 aromatic carbocycles.